The van der Waals surface area contributed by atoms with Crippen molar-refractivity contribution in [3.63, 3.8) is 0 Å². The maximum atomic E-state index is 14.2. The Hall–Kier alpha value is -3.49. The lowest BCUT2D eigenvalue weighted by Crippen LogP contribution is -2.35. The van der Waals surface area contributed by atoms with Crippen LogP contribution in [0.5, 0.6) is 0 Å². The number of benzene rings is 1. The van der Waals surface area contributed by atoms with Gasteiger partial charge in [0, 0.05) is 44.0 Å². The highest BCUT2D eigenvalue weighted by molar-refractivity contribution is 5.64. The first-order valence-corrected chi connectivity index (χ1v) is 9.33. The van der Waals surface area contributed by atoms with Gasteiger partial charge in [-0.3, -0.25) is 14.3 Å². The number of rotatable bonds is 4. The Morgan fingerprint density at radius 3 is 2.83 bits per heavy atom. The minimum Gasteiger partial charge on any atom is -0.356 e. The number of nitrogens with zero attached hydrogens (tertiary/aromatic N) is 4. The van der Waals surface area contributed by atoms with Crippen LogP contribution in [0.3, 0.4) is 0 Å². The van der Waals surface area contributed by atoms with E-state index in [1.165, 1.54) is 19.2 Å². The Morgan fingerprint density at radius 1 is 1.28 bits per heavy atom. The molecule has 1 aromatic carbocycles. The number of aromatic nitrogens is 4. The molecule has 3 heterocycles. The van der Waals surface area contributed by atoms with Crippen molar-refractivity contribution < 1.29 is 4.39 Å². The first-order chi connectivity index (χ1) is 13.9. The molecular formula is C20H21FN6O2. The third-order valence-electron chi connectivity index (χ3n) is 5.09. The molecular weight excluding hydrogens is 375 g/mol. The quantitative estimate of drug-likeness (QED) is 0.697. The van der Waals surface area contributed by atoms with Crippen LogP contribution in [-0.4, -0.2) is 38.7 Å². The minimum atomic E-state index is -0.444. The third kappa shape index (κ3) is 3.75. The lowest BCUT2D eigenvalue weighted by Gasteiger charge is -2.18. The van der Waals surface area contributed by atoms with E-state index in [1.54, 1.807) is 24.4 Å². The molecule has 0 amide bonds. The van der Waals surface area contributed by atoms with Crippen molar-refractivity contribution in [1.82, 2.24) is 19.5 Å². The highest BCUT2D eigenvalue weighted by Crippen LogP contribution is 2.25. The molecule has 0 radical (unpaired) electrons. The molecule has 1 fully saturated rings. The maximum Gasteiger partial charge on any atom is 0.329 e. The van der Waals surface area contributed by atoms with Crippen LogP contribution in [0.15, 0.2) is 46.1 Å². The molecule has 3 aromatic rings. The van der Waals surface area contributed by atoms with Crippen molar-refractivity contribution in [2.75, 3.05) is 23.3 Å². The molecule has 29 heavy (non-hydrogen) atoms. The molecule has 150 valence electrons. The molecule has 0 unspecified atom stereocenters. The molecule has 0 spiro atoms. The van der Waals surface area contributed by atoms with Gasteiger partial charge in [0.15, 0.2) is 0 Å². The number of halogens is 1. The SMILES string of the molecule is Cc1cnc(N[C@H]2CCN(c3cc(=O)n(C)c(=O)[nH]3)C2)nc1-c1ccccc1F. The van der Waals surface area contributed by atoms with Gasteiger partial charge in [-0.15, -0.1) is 0 Å². The van der Waals surface area contributed by atoms with Gasteiger partial charge >= 0.3 is 5.69 Å². The summed E-state index contributed by atoms with van der Waals surface area (Å²) in [4.78, 5) is 37.2. The summed E-state index contributed by atoms with van der Waals surface area (Å²) in [6.45, 7) is 3.09. The van der Waals surface area contributed by atoms with Gasteiger partial charge in [-0.2, -0.15) is 0 Å². The fourth-order valence-corrected chi connectivity index (χ4v) is 3.43. The van der Waals surface area contributed by atoms with Gasteiger partial charge in [0.2, 0.25) is 5.95 Å². The number of aromatic amines is 1. The zero-order valence-electron chi connectivity index (χ0n) is 16.1. The second kappa shape index (κ2) is 7.50. The summed E-state index contributed by atoms with van der Waals surface area (Å²) >= 11 is 0. The van der Waals surface area contributed by atoms with Crippen LogP contribution >= 0.6 is 0 Å². The van der Waals surface area contributed by atoms with Crippen LogP contribution in [0.25, 0.3) is 11.3 Å². The molecule has 4 rings (SSSR count). The topological polar surface area (TPSA) is 95.9 Å². The second-order valence-electron chi connectivity index (χ2n) is 7.14. The monoisotopic (exact) mass is 396 g/mol. The number of hydrogen-bond acceptors (Lipinski definition) is 6. The molecule has 1 aliphatic rings. The van der Waals surface area contributed by atoms with Gasteiger partial charge in [0.1, 0.15) is 11.6 Å². The number of hydrogen-bond donors (Lipinski definition) is 2. The smallest absolute Gasteiger partial charge is 0.329 e. The Morgan fingerprint density at radius 2 is 2.07 bits per heavy atom. The summed E-state index contributed by atoms with van der Waals surface area (Å²) in [5.41, 5.74) is 0.968. The number of anilines is 2. The predicted molar refractivity (Wildman–Crippen MR) is 109 cm³/mol. The molecule has 1 aliphatic heterocycles. The van der Waals surface area contributed by atoms with Gasteiger partial charge in [-0.25, -0.2) is 19.2 Å². The van der Waals surface area contributed by atoms with Crippen LogP contribution in [-0.2, 0) is 7.05 Å². The first-order valence-electron chi connectivity index (χ1n) is 9.33. The van der Waals surface area contributed by atoms with Crippen molar-refractivity contribution in [2.45, 2.75) is 19.4 Å². The van der Waals surface area contributed by atoms with Gasteiger partial charge in [0.05, 0.1) is 5.69 Å². The van der Waals surface area contributed by atoms with E-state index in [2.05, 4.69) is 20.3 Å². The van der Waals surface area contributed by atoms with E-state index in [0.29, 0.717) is 36.1 Å². The largest absolute Gasteiger partial charge is 0.356 e. The molecule has 0 bridgehead atoms. The lowest BCUT2D eigenvalue weighted by atomic mass is 10.1. The molecule has 2 N–H and O–H groups in total. The highest BCUT2D eigenvalue weighted by atomic mass is 19.1. The van der Waals surface area contributed by atoms with E-state index in [0.717, 1.165) is 16.6 Å². The van der Waals surface area contributed by atoms with Crippen LogP contribution in [0.1, 0.15) is 12.0 Å². The molecule has 0 saturated carbocycles. The van der Waals surface area contributed by atoms with E-state index in [9.17, 15) is 14.0 Å². The summed E-state index contributed by atoms with van der Waals surface area (Å²) in [5, 5.41) is 3.28. The number of nitrogens with one attached hydrogen (secondary N) is 2. The van der Waals surface area contributed by atoms with Gasteiger partial charge < -0.3 is 10.2 Å². The van der Waals surface area contributed by atoms with Crippen molar-refractivity contribution >= 4 is 11.8 Å². The van der Waals surface area contributed by atoms with Crippen molar-refractivity contribution in [1.29, 1.82) is 0 Å². The molecule has 0 aliphatic carbocycles. The van der Waals surface area contributed by atoms with E-state index in [-0.39, 0.29) is 17.4 Å². The van der Waals surface area contributed by atoms with Crippen LogP contribution in [0.2, 0.25) is 0 Å². The number of H-pyrrole nitrogens is 1. The Bertz CT molecular complexity index is 1140. The van der Waals surface area contributed by atoms with E-state index in [4.69, 9.17) is 0 Å². The highest BCUT2D eigenvalue weighted by Gasteiger charge is 2.25. The first kappa shape index (κ1) is 18.9. The van der Waals surface area contributed by atoms with Crippen molar-refractivity contribution in [3.05, 3.63) is 68.7 Å². The third-order valence-corrected chi connectivity index (χ3v) is 5.09. The van der Waals surface area contributed by atoms with Crippen molar-refractivity contribution in [2.24, 2.45) is 7.05 Å². The zero-order valence-corrected chi connectivity index (χ0v) is 16.1. The Kier molecular flexibility index (Phi) is 4.87. The summed E-state index contributed by atoms with van der Waals surface area (Å²) < 4.78 is 15.2. The van der Waals surface area contributed by atoms with E-state index in [1.807, 2.05) is 11.8 Å². The van der Waals surface area contributed by atoms with Gasteiger partial charge in [-0.05, 0) is 31.0 Å². The van der Waals surface area contributed by atoms with E-state index >= 15 is 0 Å². The summed E-state index contributed by atoms with van der Waals surface area (Å²) in [5.74, 6) is 0.583. The molecule has 1 atom stereocenters. The van der Waals surface area contributed by atoms with Crippen molar-refractivity contribution in [3.8, 4) is 11.3 Å². The summed E-state index contributed by atoms with van der Waals surface area (Å²) in [6.07, 6.45) is 2.45. The zero-order chi connectivity index (χ0) is 20.5. The van der Waals surface area contributed by atoms with Gasteiger partial charge in [-0.1, -0.05) is 12.1 Å². The second-order valence-corrected chi connectivity index (χ2v) is 7.14. The normalized spacial score (nSPS) is 16.2. The average molecular weight is 396 g/mol. The van der Waals surface area contributed by atoms with E-state index < -0.39 is 5.69 Å². The molecule has 1 saturated heterocycles. The Labute approximate surface area is 166 Å². The summed E-state index contributed by atoms with van der Waals surface area (Å²) in [7, 11) is 1.43. The molecule has 2 aromatic heterocycles. The fraction of sp³-hybridized carbons (Fsp3) is 0.300. The summed E-state index contributed by atoms with van der Waals surface area (Å²) in [6, 6.07) is 7.96. The fourth-order valence-electron chi connectivity index (χ4n) is 3.43. The Balaban J connectivity index is 1.53. The average Bonchev–Trinajstić information content (AvgIpc) is 3.16. The van der Waals surface area contributed by atoms with Crippen LogP contribution < -0.4 is 21.5 Å². The molecule has 8 nitrogen and oxygen atoms in total. The maximum absolute atomic E-state index is 14.2. The number of aryl methyl sites for hydroxylation is 1. The molecule has 9 heteroatoms. The van der Waals surface area contributed by atoms with Crippen LogP contribution in [0, 0.1) is 12.7 Å². The standard InChI is InChI=1S/C20H21FN6O2/c1-12-10-22-19(25-18(12)14-5-3-4-6-15(14)21)23-13-7-8-27(11-13)16-9-17(28)26(2)20(29)24-16/h3-6,9-10,13H,7-8,11H2,1-2H3,(H,24,29)(H,22,23,25)/t13-/m0/s1. The minimum absolute atomic E-state index is 0.0266. The van der Waals surface area contributed by atoms with Gasteiger partial charge in [0.25, 0.3) is 5.56 Å². The predicted octanol–water partition coefficient (Wildman–Crippen LogP) is 1.67. The lowest BCUT2D eigenvalue weighted by molar-refractivity contribution is 0.630. The van der Waals surface area contributed by atoms with Crippen LogP contribution in [0.4, 0.5) is 16.2 Å².